The lowest BCUT2D eigenvalue weighted by molar-refractivity contribution is -0.149. The molecule has 0 aromatic carbocycles. The molecule has 118 heavy (non-hydrogen) atoms. The lowest BCUT2D eigenvalue weighted by atomic mass is 9.99. The molecule has 8 aliphatic rings. The minimum absolute atomic E-state index is 0.000812. The quantitative estimate of drug-likeness (QED) is 0.0226. The Hall–Kier alpha value is -7.85. The largest absolute Gasteiger partial charge is 0.480 e. The number of carboxylic acids is 6. The van der Waals surface area contributed by atoms with Gasteiger partial charge in [-0.05, 0) is 83.0 Å². The van der Waals surface area contributed by atoms with Gasteiger partial charge in [0, 0.05) is 71.0 Å². The lowest BCUT2D eigenvalue weighted by Gasteiger charge is -2.24. The first kappa shape index (κ1) is 104. The van der Waals surface area contributed by atoms with Crippen LogP contribution in [-0.4, -0.2) is 363 Å². The topological polar surface area (TPSA) is 865 Å². The van der Waals surface area contributed by atoms with Crippen molar-refractivity contribution in [1.82, 2.24) is 63.0 Å². The standard InChI is InChI=1S/C11H20N2O6S.2C10H17N3O7S.2C10H16N2O6S.C8H14N2O6S2/c1-3-6(2)9(11(15)16)13-10(14)8-4-7(5-12-8)20(17,18)19;2*11-8(14)2-1-6(10(16)17)13-9(15)7-3-5(4-12-7)21(18,19)20;2*13-9(12-3-1-2-8(12)10(14)15)7-4-6(5-11-7)19(16,17)18;11-7(10-6(3-17)8(12)13)5-1-4(2-9-5)18(14,15)16/h6-9,12H,3-5H2,1-2H3,(H,13,14)(H,15,16)(H,17,18,19);2*5-7,12H,1-4H2,(H2,11,14)(H,13,15)(H,16,17)(H,18,19,20);2*6-8,11H,1-5H2,(H,14,15)(H,16,17,18);4-6,9,17H,1-3H2,(H,10,11)(H,12,13)(H,14,15,16)/t6-,7-,8+,9-;5-,6-,7+;5-,6-,7-;6-,7+,8-;6-,7-,8-;4-,5+,6-/m000000/s1. The first-order valence-corrected chi connectivity index (χ1v) is 45.4. The summed E-state index contributed by atoms with van der Waals surface area (Å²) in [7, 11) is -25.2. The van der Waals surface area contributed by atoms with Crippen molar-refractivity contribution in [3.63, 3.8) is 0 Å². The third kappa shape index (κ3) is 33.6. The zero-order valence-electron chi connectivity index (χ0n) is 62.9. The minimum atomic E-state index is -4.26. The van der Waals surface area contributed by atoms with E-state index in [-0.39, 0.29) is 115 Å². The number of hydrogen-bond donors (Lipinski definition) is 25. The number of aliphatic carboxylic acids is 6. The van der Waals surface area contributed by atoms with E-state index in [9.17, 15) is 118 Å². The van der Waals surface area contributed by atoms with Gasteiger partial charge in [-0.25, -0.2) is 28.8 Å². The maximum atomic E-state index is 12.2. The highest BCUT2D eigenvalue weighted by Crippen LogP contribution is 2.26. The van der Waals surface area contributed by atoms with E-state index >= 15 is 0 Å². The summed E-state index contributed by atoms with van der Waals surface area (Å²) in [6.07, 6.45) is 1.38. The van der Waals surface area contributed by atoms with Gasteiger partial charge >= 0.3 is 35.8 Å². The third-order valence-corrected chi connectivity index (χ3v) is 27.3. The molecule has 8 fully saturated rings. The number of primary amides is 2. The van der Waals surface area contributed by atoms with Gasteiger partial charge in [-0.1, -0.05) is 20.3 Å². The van der Waals surface area contributed by atoms with Gasteiger partial charge in [-0.15, -0.1) is 0 Å². The van der Waals surface area contributed by atoms with Gasteiger partial charge in [0.05, 0.1) is 36.3 Å². The van der Waals surface area contributed by atoms with Gasteiger partial charge < -0.3 is 105 Å². The predicted octanol–water partition coefficient (Wildman–Crippen LogP) is -10.4. The Kier molecular flexibility index (Phi) is 40.4. The number of carboxylic acid groups (broad SMARTS) is 6. The second-order valence-corrected chi connectivity index (χ2v) is 38.7. The molecular weight excluding hydrogens is 1740 g/mol. The Morgan fingerprint density at radius 2 is 0.627 bits per heavy atom. The van der Waals surface area contributed by atoms with Crippen LogP contribution in [0.5, 0.6) is 0 Å². The Balaban J connectivity index is 0.000000366. The molecule has 0 aromatic heterocycles. The highest BCUT2D eigenvalue weighted by molar-refractivity contribution is 7.87. The number of likely N-dealkylation sites (tertiary alicyclic amines) is 2. The fourth-order valence-corrected chi connectivity index (χ4v) is 17.5. The molecule has 19 atom stereocenters. The monoisotopic (exact) mass is 1840 g/mol. The molecule has 0 bridgehead atoms. The Morgan fingerprint density at radius 3 is 0.831 bits per heavy atom. The fourth-order valence-electron chi connectivity index (χ4n) is 12.8. The van der Waals surface area contributed by atoms with E-state index < -0.39 is 248 Å². The Morgan fingerprint density at radius 1 is 0.390 bits per heavy atom. The van der Waals surface area contributed by atoms with E-state index in [1.54, 1.807) is 6.92 Å². The second kappa shape index (κ2) is 45.7. The van der Waals surface area contributed by atoms with Crippen LogP contribution in [0.3, 0.4) is 0 Å². The van der Waals surface area contributed by atoms with Crippen molar-refractivity contribution >= 4 is 156 Å². The van der Waals surface area contributed by atoms with Crippen molar-refractivity contribution in [3.05, 3.63) is 0 Å². The molecular formula is C59H100N14O38S7. The number of nitrogens with zero attached hydrogens (tertiary/aromatic N) is 2. The summed E-state index contributed by atoms with van der Waals surface area (Å²) in [5.74, 6) is -12.2. The van der Waals surface area contributed by atoms with E-state index in [2.05, 4.69) is 65.8 Å². The van der Waals surface area contributed by atoms with Crippen molar-refractivity contribution in [1.29, 1.82) is 0 Å². The van der Waals surface area contributed by atoms with Crippen LogP contribution in [0.4, 0.5) is 0 Å². The van der Waals surface area contributed by atoms with Crippen molar-refractivity contribution in [2.24, 2.45) is 17.4 Å². The number of carbonyl (C=O) groups is 14. The summed E-state index contributed by atoms with van der Waals surface area (Å²) in [4.78, 5) is 161. The van der Waals surface area contributed by atoms with Crippen LogP contribution in [-0.2, 0) is 128 Å². The van der Waals surface area contributed by atoms with E-state index in [1.165, 1.54) is 9.80 Å². The Labute approximate surface area is 681 Å². The van der Waals surface area contributed by atoms with Crippen molar-refractivity contribution in [2.45, 2.75) is 214 Å². The molecule has 0 aromatic rings. The van der Waals surface area contributed by atoms with E-state index in [1.807, 2.05) is 6.92 Å². The van der Waals surface area contributed by atoms with Crippen LogP contribution >= 0.6 is 12.6 Å². The van der Waals surface area contributed by atoms with Gasteiger partial charge in [-0.2, -0.15) is 63.1 Å². The molecule has 8 heterocycles. The average molecular weight is 1840 g/mol. The molecule has 8 rings (SSSR count). The molecule has 8 amide bonds. The lowest BCUT2D eigenvalue weighted by Crippen LogP contribution is -2.50. The highest BCUT2D eigenvalue weighted by atomic mass is 32.2. The summed E-state index contributed by atoms with van der Waals surface area (Å²) in [6.45, 7) is 3.98. The number of rotatable bonds is 31. The molecule has 26 N–H and O–H groups in total. The van der Waals surface area contributed by atoms with Crippen LogP contribution in [0.1, 0.15) is 110 Å². The van der Waals surface area contributed by atoms with Gasteiger partial charge in [0.1, 0.15) is 67.8 Å². The van der Waals surface area contributed by atoms with Crippen LogP contribution in [0.15, 0.2) is 0 Å². The smallest absolute Gasteiger partial charge is 0.327 e. The normalized spacial score (nSPS) is 26.9. The molecule has 676 valence electrons. The van der Waals surface area contributed by atoms with Crippen molar-refractivity contribution in [2.75, 3.05) is 58.1 Å². The van der Waals surface area contributed by atoms with Crippen molar-refractivity contribution < 1.29 is 176 Å². The summed E-state index contributed by atoms with van der Waals surface area (Å²) >= 11 is 3.78. The molecule has 0 spiro atoms. The number of hydrogen-bond acceptors (Lipinski definition) is 33. The number of carbonyl (C=O) groups excluding carboxylic acids is 8. The number of nitrogens with one attached hydrogen (secondary N) is 10. The SMILES string of the molecule is CC[C@H](C)[C@H](NC(=O)[C@H]1C[C@H](S(=O)(=O)O)CN1)C(=O)O.NC(=O)CC[C@H](NC(=O)[C@@H]1C[C@H](S(=O)(=O)O)CN1)C(=O)O.NC(=O)CC[C@H](NC(=O)[C@H]1C[C@H](S(=O)(=O)O)CN1)C(=O)O.O=C(O)[C@@H]1CCCN1C(=O)[C@@H]1C[C@H](S(=O)(=O)O)CN1.O=C(O)[C@@H]1CCCN1C(=O)[C@H]1C[C@H](S(=O)(=O)O)CN1.O=C(O)[C@H](CS)NC(=O)[C@H]1C[C@H](S(=O)(=O)O)CN1. The summed E-state index contributed by atoms with van der Waals surface area (Å²) in [5, 5.41) is 72.3. The van der Waals surface area contributed by atoms with Gasteiger partial charge in [-0.3, -0.25) is 65.7 Å². The summed E-state index contributed by atoms with van der Waals surface area (Å²) < 4.78 is 185. The molecule has 0 saturated carbocycles. The van der Waals surface area contributed by atoms with E-state index in [0.717, 1.165) is 0 Å². The minimum Gasteiger partial charge on any atom is -0.480 e. The second-order valence-electron chi connectivity index (χ2n) is 28.2. The fraction of sp³-hybridized carbons (Fsp3) is 0.763. The molecule has 0 unspecified atom stereocenters. The van der Waals surface area contributed by atoms with E-state index in [4.69, 9.17) is 69.4 Å². The van der Waals surface area contributed by atoms with Gasteiger partial charge in [0.25, 0.3) is 60.7 Å². The third-order valence-electron chi connectivity index (χ3n) is 19.7. The van der Waals surface area contributed by atoms with E-state index in [0.29, 0.717) is 45.2 Å². The maximum Gasteiger partial charge on any atom is 0.327 e. The number of nitrogens with two attached hydrogens (primary N) is 2. The highest BCUT2D eigenvalue weighted by Gasteiger charge is 2.47. The first-order valence-electron chi connectivity index (χ1n) is 35.8. The molecule has 59 heteroatoms. The van der Waals surface area contributed by atoms with Crippen LogP contribution < -0.4 is 64.6 Å². The maximum absolute atomic E-state index is 12.2. The van der Waals surface area contributed by atoms with Crippen LogP contribution in [0.2, 0.25) is 0 Å². The van der Waals surface area contributed by atoms with Crippen LogP contribution in [0.25, 0.3) is 0 Å². The zero-order chi connectivity index (χ0) is 90.2. The van der Waals surface area contributed by atoms with Gasteiger partial charge in [0.15, 0.2) is 0 Å². The molecule has 0 aliphatic carbocycles. The zero-order valence-corrected chi connectivity index (χ0v) is 68.7. The summed E-state index contributed by atoms with van der Waals surface area (Å²) in [5.41, 5.74) is 9.82. The Bertz CT molecular complexity index is 4180. The molecule has 0 radical (unpaired) electrons. The molecule has 8 aliphatic heterocycles. The van der Waals surface area contributed by atoms with Crippen LogP contribution in [0, 0.1) is 5.92 Å². The number of thiol groups is 1. The molecule has 8 saturated heterocycles. The summed E-state index contributed by atoms with van der Waals surface area (Å²) in [6, 6.07) is -11.4. The first-order chi connectivity index (χ1) is 54.2. The molecule has 52 nitrogen and oxygen atoms in total. The van der Waals surface area contributed by atoms with Gasteiger partial charge in [0.2, 0.25) is 47.3 Å². The average Bonchev–Trinajstić information content (AvgIpc) is 1.62. The number of amides is 8. The predicted molar refractivity (Wildman–Crippen MR) is 404 cm³/mol. The van der Waals surface area contributed by atoms with Crippen molar-refractivity contribution in [3.8, 4) is 0 Å².